The number of amides is 1. The van der Waals surface area contributed by atoms with Gasteiger partial charge in [-0.2, -0.15) is 0 Å². The third-order valence-electron chi connectivity index (χ3n) is 3.66. The standard InChI is InChI=1S/C16H21NO4/c1-10(18)17-9-8-14(19)16(21)13-6-4-12(5-7-13)15(20)11-2-3-11/h4-7,11,14,16,19,21H,2-3,8-9H2,1H3,(H,17,18). The minimum Gasteiger partial charge on any atom is -0.390 e. The van der Waals surface area contributed by atoms with E-state index in [1.54, 1.807) is 24.3 Å². The summed E-state index contributed by atoms with van der Waals surface area (Å²) in [5.74, 6) is 0.158. The van der Waals surface area contributed by atoms with E-state index in [1.165, 1.54) is 6.92 Å². The Hall–Kier alpha value is -1.72. The Morgan fingerprint density at radius 2 is 1.86 bits per heavy atom. The molecule has 5 nitrogen and oxygen atoms in total. The first kappa shape index (κ1) is 15.7. The number of ketones is 1. The molecule has 0 bridgehead atoms. The van der Waals surface area contributed by atoms with E-state index in [1.807, 2.05) is 0 Å². The van der Waals surface area contributed by atoms with Crippen LogP contribution in [0.1, 0.15) is 48.2 Å². The van der Waals surface area contributed by atoms with Crippen molar-refractivity contribution in [3.8, 4) is 0 Å². The van der Waals surface area contributed by atoms with Gasteiger partial charge in [0, 0.05) is 24.9 Å². The van der Waals surface area contributed by atoms with Crippen molar-refractivity contribution in [1.82, 2.24) is 5.32 Å². The van der Waals surface area contributed by atoms with E-state index in [4.69, 9.17) is 0 Å². The Balaban J connectivity index is 1.90. The summed E-state index contributed by atoms with van der Waals surface area (Å²) in [4.78, 5) is 22.6. The Bertz CT molecular complexity index is 508. The van der Waals surface area contributed by atoms with Gasteiger partial charge in [0.2, 0.25) is 5.91 Å². The molecular weight excluding hydrogens is 270 g/mol. The van der Waals surface area contributed by atoms with Crippen molar-refractivity contribution >= 4 is 11.7 Å². The highest BCUT2D eigenvalue weighted by molar-refractivity contribution is 5.99. The largest absolute Gasteiger partial charge is 0.390 e. The second-order valence-electron chi connectivity index (χ2n) is 5.54. The first-order chi connectivity index (χ1) is 9.99. The topological polar surface area (TPSA) is 86.6 Å². The average molecular weight is 291 g/mol. The Kier molecular flexibility index (Phi) is 5.09. The quantitative estimate of drug-likeness (QED) is 0.659. The number of aliphatic hydroxyl groups excluding tert-OH is 2. The number of carbonyl (C=O) groups is 2. The molecular formula is C16H21NO4. The molecule has 21 heavy (non-hydrogen) atoms. The van der Waals surface area contributed by atoms with E-state index in [2.05, 4.69) is 5.32 Å². The third-order valence-corrected chi connectivity index (χ3v) is 3.66. The van der Waals surface area contributed by atoms with Crippen LogP contribution >= 0.6 is 0 Å². The van der Waals surface area contributed by atoms with E-state index in [9.17, 15) is 19.8 Å². The Morgan fingerprint density at radius 1 is 1.24 bits per heavy atom. The number of hydrogen-bond acceptors (Lipinski definition) is 4. The van der Waals surface area contributed by atoms with Crippen molar-refractivity contribution in [3.05, 3.63) is 35.4 Å². The Labute approximate surface area is 124 Å². The van der Waals surface area contributed by atoms with Crippen LogP contribution in [0.3, 0.4) is 0 Å². The minimum absolute atomic E-state index is 0.155. The lowest BCUT2D eigenvalue weighted by Gasteiger charge is -2.18. The lowest BCUT2D eigenvalue weighted by Crippen LogP contribution is -2.27. The number of rotatable bonds is 7. The van der Waals surface area contributed by atoms with Gasteiger partial charge < -0.3 is 15.5 Å². The van der Waals surface area contributed by atoms with Crippen molar-refractivity contribution in [2.45, 2.75) is 38.4 Å². The van der Waals surface area contributed by atoms with Gasteiger partial charge in [-0.25, -0.2) is 0 Å². The molecule has 1 aliphatic carbocycles. The van der Waals surface area contributed by atoms with Crippen molar-refractivity contribution in [1.29, 1.82) is 0 Å². The lowest BCUT2D eigenvalue weighted by molar-refractivity contribution is -0.119. The molecule has 0 spiro atoms. The van der Waals surface area contributed by atoms with Gasteiger partial charge in [-0.05, 0) is 24.8 Å². The summed E-state index contributed by atoms with van der Waals surface area (Å²) in [5.41, 5.74) is 1.22. The number of nitrogens with one attached hydrogen (secondary N) is 1. The van der Waals surface area contributed by atoms with Crippen LogP contribution in [-0.2, 0) is 4.79 Å². The summed E-state index contributed by atoms with van der Waals surface area (Å²) in [6.45, 7) is 1.71. The maximum Gasteiger partial charge on any atom is 0.216 e. The molecule has 1 saturated carbocycles. The predicted molar refractivity (Wildman–Crippen MR) is 77.8 cm³/mol. The zero-order chi connectivity index (χ0) is 15.4. The number of aliphatic hydroxyl groups is 2. The Morgan fingerprint density at radius 3 is 2.38 bits per heavy atom. The van der Waals surface area contributed by atoms with Crippen LogP contribution in [0.25, 0.3) is 0 Å². The van der Waals surface area contributed by atoms with Crippen molar-refractivity contribution in [2.24, 2.45) is 5.92 Å². The second kappa shape index (κ2) is 6.83. The average Bonchev–Trinajstić information content (AvgIpc) is 3.30. The molecule has 114 valence electrons. The van der Waals surface area contributed by atoms with Gasteiger partial charge in [0.1, 0.15) is 6.10 Å². The summed E-state index contributed by atoms with van der Waals surface area (Å²) in [6, 6.07) is 6.73. The van der Waals surface area contributed by atoms with E-state index < -0.39 is 12.2 Å². The van der Waals surface area contributed by atoms with E-state index in [0.717, 1.165) is 12.8 Å². The number of benzene rings is 1. The molecule has 3 N–H and O–H groups in total. The van der Waals surface area contributed by atoms with Crippen molar-refractivity contribution in [2.75, 3.05) is 6.54 Å². The lowest BCUT2D eigenvalue weighted by atomic mass is 9.99. The zero-order valence-electron chi connectivity index (χ0n) is 12.1. The fourth-order valence-electron chi connectivity index (χ4n) is 2.20. The molecule has 2 unspecified atom stereocenters. The van der Waals surface area contributed by atoms with Crippen LogP contribution in [0, 0.1) is 5.92 Å². The summed E-state index contributed by atoms with van der Waals surface area (Å²) < 4.78 is 0. The van der Waals surface area contributed by atoms with Gasteiger partial charge in [0.05, 0.1) is 6.10 Å². The zero-order valence-corrected chi connectivity index (χ0v) is 12.1. The van der Waals surface area contributed by atoms with Crippen LogP contribution in [-0.4, -0.2) is 34.6 Å². The van der Waals surface area contributed by atoms with E-state index in [-0.39, 0.29) is 24.0 Å². The molecule has 0 saturated heterocycles. The molecule has 2 rings (SSSR count). The van der Waals surface area contributed by atoms with Crippen LogP contribution in [0.2, 0.25) is 0 Å². The molecule has 0 aliphatic heterocycles. The maximum atomic E-state index is 11.9. The van der Waals surface area contributed by atoms with Crippen LogP contribution in [0.5, 0.6) is 0 Å². The first-order valence-electron chi connectivity index (χ1n) is 7.23. The first-order valence-corrected chi connectivity index (χ1v) is 7.23. The van der Waals surface area contributed by atoms with Crippen LogP contribution in [0.4, 0.5) is 0 Å². The molecule has 1 aromatic carbocycles. The molecule has 1 amide bonds. The molecule has 1 aliphatic rings. The van der Waals surface area contributed by atoms with Crippen LogP contribution < -0.4 is 5.32 Å². The monoisotopic (exact) mass is 291 g/mol. The fraction of sp³-hybridized carbons (Fsp3) is 0.500. The molecule has 0 aromatic heterocycles. The van der Waals surface area contributed by atoms with Gasteiger partial charge in [0.15, 0.2) is 5.78 Å². The van der Waals surface area contributed by atoms with Gasteiger partial charge in [0.25, 0.3) is 0 Å². The molecule has 0 radical (unpaired) electrons. The van der Waals surface area contributed by atoms with Crippen molar-refractivity contribution in [3.63, 3.8) is 0 Å². The summed E-state index contributed by atoms with van der Waals surface area (Å²) >= 11 is 0. The van der Waals surface area contributed by atoms with Gasteiger partial charge in [-0.3, -0.25) is 9.59 Å². The molecule has 1 aromatic rings. The molecule has 1 fully saturated rings. The number of Topliss-reactive ketones (excluding diaryl/α,β-unsaturated/α-hetero) is 1. The highest BCUT2D eigenvalue weighted by Crippen LogP contribution is 2.32. The highest BCUT2D eigenvalue weighted by Gasteiger charge is 2.30. The number of carbonyl (C=O) groups excluding carboxylic acids is 2. The summed E-state index contributed by atoms with van der Waals surface area (Å²) in [5, 5.41) is 22.5. The third kappa shape index (κ3) is 4.37. The van der Waals surface area contributed by atoms with E-state index in [0.29, 0.717) is 17.7 Å². The maximum absolute atomic E-state index is 11.9. The molecule has 5 heteroatoms. The fourth-order valence-corrected chi connectivity index (χ4v) is 2.20. The van der Waals surface area contributed by atoms with Crippen molar-refractivity contribution < 1.29 is 19.8 Å². The SMILES string of the molecule is CC(=O)NCCC(O)C(O)c1ccc(C(=O)C2CC2)cc1. The van der Waals surface area contributed by atoms with Gasteiger partial charge in [-0.1, -0.05) is 24.3 Å². The van der Waals surface area contributed by atoms with Gasteiger partial charge in [-0.15, -0.1) is 0 Å². The number of hydrogen-bond donors (Lipinski definition) is 3. The molecule has 2 atom stereocenters. The summed E-state index contributed by atoms with van der Waals surface area (Å²) in [6.07, 6.45) is 0.213. The second-order valence-corrected chi connectivity index (χ2v) is 5.54. The van der Waals surface area contributed by atoms with Crippen LogP contribution in [0.15, 0.2) is 24.3 Å². The van der Waals surface area contributed by atoms with Gasteiger partial charge >= 0.3 is 0 Å². The summed E-state index contributed by atoms with van der Waals surface area (Å²) in [7, 11) is 0. The predicted octanol–water partition coefficient (Wildman–Crippen LogP) is 1.20. The van der Waals surface area contributed by atoms with E-state index >= 15 is 0 Å². The molecule has 0 heterocycles. The highest BCUT2D eigenvalue weighted by atomic mass is 16.3. The normalized spacial score (nSPS) is 17.1. The smallest absolute Gasteiger partial charge is 0.216 e. The minimum atomic E-state index is -1.02.